The maximum absolute atomic E-state index is 13.7. The number of anilines is 1. The number of carbonyl (C=O) groups is 1. The van der Waals surface area contributed by atoms with Crippen LogP contribution in [0.4, 0.5) is 10.1 Å². The average Bonchev–Trinajstić information content (AvgIpc) is 3.12. The lowest BCUT2D eigenvalue weighted by atomic mass is 10.2. The van der Waals surface area contributed by atoms with Crippen LogP contribution in [-0.2, 0) is 10.0 Å². The van der Waals surface area contributed by atoms with Gasteiger partial charge in [-0.15, -0.1) is 0 Å². The molecule has 0 saturated carbocycles. The Labute approximate surface area is 144 Å². The number of phenolic OH excluding ortho intramolecular Hbond substituents is 1. The van der Waals surface area contributed by atoms with Crippen LogP contribution >= 0.6 is 0 Å². The van der Waals surface area contributed by atoms with E-state index in [0.29, 0.717) is 13.1 Å². The number of nitrogens with one attached hydrogen (secondary N) is 1. The second kappa shape index (κ2) is 6.81. The number of carbonyl (C=O) groups excluding carboxylic acids is 1. The summed E-state index contributed by atoms with van der Waals surface area (Å²) in [6.07, 6.45) is 1.58. The minimum Gasteiger partial charge on any atom is -0.507 e. The molecule has 0 aliphatic carbocycles. The standard InChI is InChI=1S/C17H17FN2O4S/c18-14-5-1-2-6-15(14)19-17(22)13-11-12(7-8-16(13)21)25(23,24)20-9-3-4-10-20/h1-2,5-8,11,21H,3-4,9-10H2,(H,19,22). The van der Waals surface area contributed by atoms with Crippen molar-refractivity contribution in [3.8, 4) is 5.75 Å². The largest absolute Gasteiger partial charge is 0.507 e. The van der Waals surface area contributed by atoms with E-state index in [1.165, 1.54) is 28.6 Å². The molecule has 3 rings (SSSR count). The highest BCUT2D eigenvalue weighted by Crippen LogP contribution is 2.26. The summed E-state index contributed by atoms with van der Waals surface area (Å²) >= 11 is 0. The number of para-hydroxylation sites is 1. The number of benzene rings is 2. The third-order valence-corrected chi connectivity index (χ3v) is 5.93. The van der Waals surface area contributed by atoms with Gasteiger partial charge in [0.2, 0.25) is 10.0 Å². The van der Waals surface area contributed by atoms with Crippen molar-refractivity contribution in [2.75, 3.05) is 18.4 Å². The van der Waals surface area contributed by atoms with Gasteiger partial charge in [0.1, 0.15) is 11.6 Å². The number of nitrogens with zero attached hydrogens (tertiary/aromatic N) is 1. The monoisotopic (exact) mass is 364 g/mol. The summed E-state index contributed by atoms with van der Waals surface area (Å²) in [7, 11) is -3.72. The number of halogens is 1. The van der Waals surface area contributed by atoms with Crippen molar-refractivity contribution in [3.63, 3.8) is 0 Å². The van der Waals surface area contributed by atoms with Crippen molar-refractivity contribution in [2.24, 2.45) is 0 Å². The molecular weight excluding hydrogens is 347 g/mol. The van der Waals surface area contributed by atoms with Gasteiger partial charge in [-0.1, -0.05) is 12.1 Å². The van der Waals surface area contributed by atoms with Gasteiger partial charge < -0.3 is 10.4 Å². The van der Waals surface area contributed by atoms with Crippen LogP contribution in [0.25, 0.3) is 0 Å². The first-order chi connectivity index (χ1) is 11.9. The number of hydrogen-bond donors (Lipinski definition) is 2. The molecule has 2 aromatic rings. The third-order valence-electron chi connectivity index (χ3n) is 4.04. The minimum atomic E-state index is -3.72. The van der Waals surface area contributed by atoms with Gasteiger partial charge in [0.05, 0.1) is 16.1 Å². The lowest BCUT2D eigenvalue weighted by Gasteiger charge is -2.16. The first kappa shape index (κ1) is 17.4. The second-order valence-corrected chi connectivity index (χ2v) is 7.66. The fourth-order valence-corrected chi connectivity index (χ4v) is 4.23. The van der Waals surface area contributed by atoms with Crippen LogP contribution in [0.1, 0.15) is 23.2 Å². The van der Waals surface area contributed by atoms with Gasteiger partial charge in [0, 0.05) is 13.1 Å². The number of aromatic hydroxyl groups is 1. The lowest BCUT2D eigenvalue weighted by molar-refractivity contribution is 0.102. The highest BCUT2D eigenvalue weighted by Gasteiger charge is 2.28. The number of sulfonamides is 1. The molecule has 0 spiro atoms. The van der Waals surface area contributed by atoms with Crippen molar-refractivity contribution >= 4 is 21.6 Å². The Morgan fingerprint density at radius 1 is 1.12 bits per heavy atom. The van der Waals surface area contributed by atoms with Crippen molar-refractivity contribution < 1.29 is 22.7 Å². The number of rotatable bonds is 4. The molecule has 1 aliphatic rings. The van der Waals surface area contributed by atoms with Crippen molar-refractivity contribution in [2.45, 2.75) is 17.7 Å². The molecule has 25 heavy (non-hydrogen) atoms. The summed E-state index contributed by atoms with van der Waals surface area (Å²) < 4.78 is 40.2. The maximum Gasteiger partial charge on any atom is 0.259 e. The molecule has 2 N–H and O–H groups in total. The van der Waals surface area contributed by atoms with Gasteiger partial charge >= 0.3 is 0 Å². The predicted molar refractivity (Wildman–Crippen MR) is 90.5 cm³/mol. The SMILES string of the molecule is O=C(Nc1ccccc1F)c1cc(S(=O)(=O)N2CCCC2)ccc1O. The number of amides is 1. The first-order valence-electron chi connectivity index (χ1n) is 7.78. The Hall–Kier alpha value is -2.45. The molecular formula is C17H17FN2O4S. The molecule has 1 amide bonds. The van der Waals surface area contributed by atoms with Gasteiger partial charge in [0.25, 0.3) is 5.91 Å². The summed E-state index contributed by atoms with van der Waals surface area (Å²) in [6, 6.07) is 9.10. The Bertz CT molecular complexity index is 909. The molecule has 0 radical (unpaired) electrons. The molecule has 1 aliphatic heterocycles. The maximum atomic E-state index is 13.7. The zero-order chi connectivity index (χ0) is 18.0. The van der Waals surface area contributed by atoms with E-state index in [-0.39, 0.29) is 21.9 Å². The van der Waals surface area contributed by atoms with E-state index >= 15 is 0 Å². The van der Waals surface area contributed by atoms with Crippen LogP contribution in [0.5, 0.6) is 5.75 Å². The van der Waals surface area contributed by atoms with E-state index in [9.17, 15) is 22.7 Å². The Morgan fingerprint density at radius 2 is 1.80 bits per heavy atom. The summed E-state index contributed by atoms with van der Waals surface area (Å²) in [5, 5.41) is 12.3. The van der Waals surface area contributed by atoms with Crippen LogP contribution in [0.3, 0.4) is 0 Å². The molecule has 0 aromatic heterocycles. The topological polar surface area (TPSA) is 86.7 Å². The third kappa shape index (κ3) is 3.49. The Kier molecular flexibility index (Phi) is 4.73. The number of phenols is 1. The summed E-state index contributed by atoms with van der Waals surface area (Å²) in [4.78, 5) is 12.3. The molecule has 0 unspecified atom stereocenters. The predicted octanol–water partition coefficient (Wildman–Crippen LogP) is 2.57. The molecule has 1 saturated heterocycles. The van der Waals surface area contributed by atoms with Crippen LogP contribution < -0.4 is 5.32 Å². The molecule has 6 nitrogen and oxygen atoms in total. The van der Waals surface area contributed by atoms with Gasteiger partial charge in [-0.25, -0.2) is 12.8 Å². The minimum absolute atomic E-state index is 0.0558. The van der Waals surface area contributed by atoms with E-state index in [0.717, 1.165) is 25.0 Å². The summed E-state index contributed by atoms with van der Waals surface area (Å²) in [5.74, 6) is -1.80. The zero-order valence-electron chi connectivity index (χ0n) is 13.3. The van der Waals surface area contributed by atoms with E-state index in [1.54, 1.807) is 6.07 Å². The van der Waals surface area contributed by atoms with E-state index < -0.39 is 21.7 Å². The van der Waals surface area contributed by atoms with Gasteiger partial charge in [-0.05, 0) is 43.2 Å². The molecule has 1 fully saturated rings. The van der Waals surface area contributed by atoms with E-state index in [4.69, 9.17) is 0 Å². The van der Waals surface area contributed by atoms with Crippen molar-refractivity contribution in [1.29, 1.82) is 0 Å². The van der Waals surface area contributed by atoms with Gasteiger partial charge in [-0.2, -0.15) is 4.31 Å². The van der Waals surface area contributed by atoms with E-state index in [2.05, 4.69) is 5.32 Å². The highest BCUT2D eigenvalue weighted by molar-refractivity contribution is 7.89. The fraction of sp³-hybridized carbons (Fsp3) is 0.235. The summed E-state index contributed by atoms with van der Waals surface area (Å²) in [5.41, 5.74) is -0.289. The normalized spacial score (nSPS) is 15.2. The summed E-state index contributed by atoms with van der Waals surface area (Å²) in [6.45, 7) is 0.861. The number of hydrogen-bond acceptors (Lipinski definition) is 4. The van der Waals surface area contributed by atoms with Crippen LogP contribution in [0, 0.1) is 5.82 Å². The molecule has 8 heteroatoms. The first-order valence-corrected chi connectivity index (χ1v) is 9.22. The average molecular weight is 364 g/mol. The lowest BCUT2D eigenvalue weighted by Crippen LogP contribution is -2.28. The van der Waals surface area contributed by atoms with E-state index in [1.807, 2.05) is 0 Å². The quantitative estimate of drug-likeness (QED) is 0.873. The van der Waals surface area contributed by atoms with Gasteiger partial charge in [0.15, 0.2) is 0 Å². The van der Waals surface area contributed by atoms with Crippen molar-refractivity contribution in [3.05, 3.63) is 53.8 Å². The zero-order valence-corrected chi connectivity index (χ0v) is 14.1. The molecule has 2 aromatic carbocycles. The van der Waals surface area contributed by atoms with Gasteiger partial charge in [-0.3, -0.25) is 4.79 Å². The smallest absolute Gasteiger partial charge is 0.259 e. The molecule has 0 bridgehead atoms. The molecule has 132 valence electrons. The second-order valence-electron chi connectivity index (χ2n) is 5.72. The molecule has 0 atom stereocenters. The molecule has 1 heterocycles. The van der Waals surface area contributed by atoms with Crippen LogP contribution in [0.2, 0.25) is 0 Å². The Balaban J connectivity index is 1.91. The van der Waals surface area contributed by atoms with Crippen LogP contribution in [0.15, 0.2) is 47.4 Å². The van der Waals surface area contributed by atoms with Crippen molar-refractivity contribution in [1.82, 2.24) is 4.31 Å². The fourth-order valence-electron chi connectivity index (χ4n) is 2.69. The van der Waals surface area contributed by atoms with Crippen LogP contribution in [-0.4, -0.2) is 36.8 Å². The highest BCUT2D eigenvalue weighted by atomic mass is 32.2. The Morgan fingerprint density at radius 3 is 2.48 bits per heavy atom.